The van der Waals surface area contributed by atoms with Crippen LogP contribution in [-0.2, 0) is 9.53 Å². The first-order valence-corrected chi connectivity index (χ1v) is 6.93. The van der Waals surface area contributed by atoms with Gasteiger partial charge in [0.2, 0.25) is 0 Å². The quantitative estimate of drug-likeness (QED) is 0.549. The van der Waals surface area contributed by atoms with Crippen LogP contribution in [0.5, 0.6) is 0 Å². The Morgan fingerprint density at radius 2 is 2.24 bits per heavy atom. The van der Waals surface area contributed by atoms with E-state index in [1.807, 2.05) is 0 Å². The minimum Gasteiger partial charge on any atom is -0.456 e. The maximum absolute atomic E-state index is 11.8. The van der Waals surface area contributed by atoms with E-state index in [1.54, 1.807) is 6.92 Å². The van der Waals surface area contributed by atoms with E-state index >= 15 is 0 Å². The standard InChI is InChI=1S/C15H24O2/c1-4-12-8-13-6-5-7-15(9-12,10-13)17-14(16)11(2)3/h12-13H,2,4-10H2,1,3H3/t12-,13-,15-/m0/s1. The van der Waals surface area contributed by atoms with Crippen LogP contribution in [0.3, 0.4) is 0 Å². The zero-order valence-electron chi connectivity index (χ0n) is 11.1. The molecule has 0 unspecified atom stereocenters. The Kier molecular flexibility index (Phi) is 3.60. The van der Waals surface area contributed by atoms with Gasteiger partial charge in [-0.1, -0.05) is 26.3 Å². The molecule has 0 radical (unpaired) electrons. The fourth-order valence-electron chi connectivity index (χ4n) is 3.64. The number of esters is 1. The van der Waals surface area contributed by atoms with E-state index in [2.05, 4.69) is 13.5 Å². The normalized spacial score (nSPS) is 36.4. The summed E-state index contributed by atoms with van der Waals surface area (Å²) in [7, 11) is 0. The van der Waals surface area contributed by atoms with E-state index in [4.69, 9.17) is 4.74 Å². The second-order valence-corrected chi connectivity index (χ2v) is 6.03. The van der Waals surface area contributed by atoms with Crippen molar-refractivity contribution in [1.82, 2.24) is 0 Å². The summed E-state index contributed by atoms with van der Waals surface area (Å²) >= 11 is 0. The van der Waals surface area contributed by atoms with Gasteiger partial charge in [0, 0.05) is 5.57 Å². The molecule has 0 aliphatic heterocycles. The van der Waals surface area contributed by atoms with E-state index in [0.29, 0.717) is 5.57 Å². The number of ether oxygens (including phenoxy) is 1. The van der Waals surface area contributed by atoms with Crippen molar-refractivity contribution in [2.75, 3.05) is 0 Å². The minimum absolute atomic E-state index is 0.155. The summed E-state index contributed by atoms with van der Waals surface area (Å²) < 4.78 is 5.80. The first-order chi connectivity index (χ1) is 8.04. The third-order valence-corrected chi connectivity index (χ3v) is 4.47. The predicted molar refractivity (Wildman–Crippen MR) is 68.6 cm³/mol. The fraction of sp³-hybridized carbons (Fsp3) is 0.800. The lowest BCUT2D eigenvalue weighted by Gasteiger charge is -2.47. The first-order valence-electron chi connectivity index (χ1n) is 6.93. The van der Waals surface area contributed by atoms with Crippen LogP contribution in [0.25, 0.3) is 0 Å². The van der Waals surface area contributed by atoms with Gasteiger partial charge in [0.25, 0.3) is 0 Å². The molecule has 96 valence electrons. The SMILES string of the molecule is C=C(C)C(=O)O[C@@]12CCC[C@@H](C[C@H](CC)C1)C2. The summed E-state index contributed by atoms with van der Waals surface area (Å²) in [4.78, 5) is 11.8. The average molecular weight is 236 g/mol. The summed E-state index contributed by atoms with van der Waals surface area (Å²) in [5, 5.41) is 0. The molecule has 0 spiro atoms. The molecule has 0 amide bonds. The number of fused-ring (bicyclic) bond motifs is 2. The van der Waals surface area contributed by atoms with Crippen LogP contribution in [0.15, 0.2) is 12.2 Å². The van der Waals surface area contributed by atoms with Gasteiger partial charge < -0.3 is 4.74 Å². The third kappa shape index (κ3) is 2.72. The molecule has 2 rings (SSSR count). The molecule has 0 aromatic carbocycles. The molecule has 17 heavy (non-hydrogen) atoms. The Hall–Kier alpha value is -0.790. The summed E-state index contributed by atoms with van der Waals surface area (Å²) in [6, 6.07) is 0. The van der Waals surface area contributed by atoms with E-state index in [0.717, 1.165) is 31.1 Å². The van der Waals surface area contributed by atoms with Gasteiger partial charge >= 0.3 is 5.97 Å². The molecule has 0 heterocycles. The smallest absolute Gasteiger partial charge is 0.333 e. The van der Waals surface area contributed by atoms with Crippen molar-refractivity contribution in [3.8, 4) is 0 Å². The highest BCUT2D eigenvalue weighted by Crippen LogP contribution is 2.48. The molecule has 0 aromatic heterocycles. The lowest BCUT2D eigenvalue weighted by Crippen LogP contribution is -2.45. The number of rotatable bonds is 3. The largest absolute Gasteiger partial charge is 0.456 e. The first kappa shape index (κ1) is 12.7. The highest BCUT2D eigenvalue weighted by Gasteiger charge is 2.45. The van der Waals surface area contributed by atoms with Gasteiger partial charge in [0.1, 0.15) is 5.60 Å². The molecular formula is C15H24O2. The Morgan fingerprint density at radius 3 is 2.88 bits per heavy atom. The van der Waals surface area contributed by atoms with Crippen LogP contribution in [0.2, 0.25) is 0 Å². The lowest BCUT2D eigenvalue weighted by molar-refractivity contribution is -0.168. The van der Waals surface area contributed by atoms with Gasteiger partial charge in [-0.3, -0.25) is 0 Å². The summed E-state index contributed by atoms with van der Waals surface area (Å²) in [5.74, 6) is 1.33. The van der Waals surface area contributed by atoms with Crippen molar-refractivity contribution in [2.24, 2.45) is 11.8 Å². The molecule has 2 aliphatic rings. The van der Waals surface area contributed by atoms with Crippen LogP contribution in [-0.4, -0.2) is 11.6 Å². The van der Waals surface area contributed by atoms with Crippen LogP contribution in [0.4, 0.5) is 0 Å². The van der Waals surface area contributed by atoms with Crippen LogP contribution in [0, 0.1) is 11.8 Å². The highest BCUT2D eigenvalue weighted by atomic mass is 16.6. The molecule has 2 nitrogen and oxygen atoms in total. The molecule has 2 aliphatic carbocycles. The van der Waals surface area contributed by atoms with Gasteiger partial charge in [-0.25, -0.2) is 4.79 Å². The van der Waals surface area contributed by atoms with Crippen LogP contribution < -0.4 is 0 Å². The van der Waals surface area contributed by atoms with Crippen molar-refractivity contribution in [3.05, 3.63) is 12.2 Å². The molecule has 2 fully saturated rings. The highest BCUT2D eigenvalue weighted by molar-refractivity contribution is 5.87. The topological polar surface area (TPSA) is 26.3 Å². The summed E-state index contributed by atoms with van der Waals surface area (Å²) in [6.45, 7) is 7.67. The molecule has 0 N–H and O–H groups in total. The Balaban J connectivity index is 2.10. The summed E-state index contributed by atoms with van der Waals surface area (Å²) in [5.41, 5.74) is 0.373. The van der Waals surface area contributed by atoms with Gasteiger partial charge in [0.05, 0.1) is 0 Å². The number of carbonyl (C=O) groups is 1. The van der Waals surface area contributed by atoms with Crippen LogP contribution >= 0.6 is 0 Å². The van der Waals surface area contributed by atoms with Gasteiger partial charge in [0.15, 0.2) is 0 Å². The second kappa shape index (κ2) is 4.83. The van der Waals surface area contributed by atoms with E-state index in [1.165, 1.54) is 25.7 Å². The maximum Gasteiger partial charge on any atom is 0.333 e. The van der Waals surface area contributed by atoms with E-state index < -0.39 is 0 Å². The predicted octanol–water partition coefficient (Wildman–Crippen LogP) is 3.85. The maximum atomic E-state index is 11.8. The molecule has 3 atom stereocenters. The Labute approximate surface area is 104 Å². The molecule has 0 saturated heterocycles. The second-order valence-electron chi connectivity index (χ2n) is 6.03. The molecule has 2 bridgehead atoms. The lowest BCUT2D eigenvalue weighted by atomic mass is 9.64. The minimum atomic E-state index is -0.192. The van der Waals surface area contributed by atoms with Gasteiger partial charge in [-0.2, -0.15) is 0 Å². The van der Waals surface area contributed by atoms with Crippen molar-refractivity contribution < 1.29 is 9.53 Å². The zero-order valence-corrected chi connectivity index (χ0v) is 11.1. The Morgan fingerprint density at radius 1 is 1.47 bits per heavy atom. The van der Waals surface area contributed by atoms with Crippen molar-refractivity contribution in [2.45, 2.75) is 64.4 Å². The number of hydrogen-bond donors (Lipinski definition) is 0. The van der Waals surface area contributed by atoms with Gasteiger partial charge in [-0.15, -0.1) is 0 Å². The van der Waals surface area contributed by atoms with E-state index in [-0.39, 0.29) is 11.6 Å². The molecular weight excluding hydrogens is 212 g/mol. The van der Waals surface area contributed by atoms with Crippen molar-refractivity contribution in [3.63, 3.8) is 0 Å². The van der Waals surface area contributed by atoms with E-state index in [9.17, 15) is 4.79 Å². The third-order valence-electron chi connectivity index (χ3n) is 4.47. The number of hydrogen-bond acceptors (Lipinski definition) is 2. The Bertz CT molecular complexity index is 321. The van der Waals surface area contributed by atoms with Crippen molar-refractivity contribution in [1.29, 1.82) is 0 Å². The number of carbonyl (C=O) groups excluding carboxylic acids is 1. The molecule has 2 heteroatoms. The fourth-order valence-corrected chi connectivity index (χ4v) is 3.64. The summed E-state index contributed by atoms with van der Waals surface area (Å²) in [6.07, 6.45) is 8.29. The van der Waals surface area contributed by atoms with Gasteiger partial charge in [-0.05, 0) is 50.9 Å². The average Bonchev–Trinajstić information content (AvgIpc) is 2.27. The van der Waals surface area contributed by atoms with Crippen molar-refractivity contribution >= 4 is 5.97 Å². The monoisotopic (exact) mass is 236 g/mol. The molecule has 0 aromatic rings. The van der Waals surface area contributed by atoms with Crippen LogP contribution in [0.1, 0.15) is 58.8 Å². The zero-order chi connectivity index (χ0) is 12.5. The molecule has 2 saturated carbocycles.